The highest BCUT2D eigenvalue weighted by molar-refractivity contribution is 5.91. The molecule has 0 N–H and O–H groups in total. The molecule has 0 bridgehead atoms. The summed E-state index contributed by atoms with van der Waals surface area (Å²) in [6.07, 6.45) is 4.50. The first-order valence-corrected chi connectivity index (χ1v) is 10.3. The van der Waals surface area contributed by atoms with Gasteiger partial charge in [0, 0.05) is 38.8 Å². The number of furan rings is 1. The van der Waals surface area contributed by atoms with E-state index in [1.165, 1.54) is 6.26 Å². The molecule has 2 aromatic rings. The summed E-state index contributed by atoms with van der Waals surface area (Å²) >= 11 is 0. The molecule has 0 radical (unpaired) electrons. The molecule has 160 valence electrons. The Balaban J connectivity index is 1.57. The number of hydrogen-bond acceptors (Lipinski definition) is 6. The van der Waals surface area contributed by atoms with E-state index < -0.39 is 10.7 Å². The van der Waals surface area contributed by atoms with E-state index in [0.29, 0.717) is 37.6 Å². The first-order valence-electron chi connectivity index (χ1n) is 10.3. The fraction of sp³-hybridized carbons (Fsp3) is 0.476. The summed E-state index contributed by atoms with van der Waals surface area (Å²) in [5.74, 6) is -0.487. The average Bonchev–Trinajstić information content (AvgIpc) is 3.29. The van der Waals surface area contributed by atoms with Crippen molar-refractivity contribution >= 4 is 23.0 Å². The van der Waals surface area contributed by atoms with Gasteiger partial charge in [0.2, 0.25) is 0 Å². The second-order valence-electron chi connectivity index (χ2n) is 7.84. The Bertz CT molecular complexity index is 925. The van der Waals surface area contributed by atoms with Gasteiger partial charge in [-0.2, -0.15) is 0 Å². The highest BCUT2D eigenvalue weighted by Crippen LogP contribution is 2.37. The first-order chi connectivity index (χ1) is 14.5. The molecule has 1 amide bonds. The maximum Gasteiger partial charge on any atom is 0.295 e. The van der Waals surface area contributed by atoms with E-state index >= 15 is 0 Å². The number of hydrogen-bond donors (Lipinski definition) is 0. The molecule has 4 rings (SSSR count). The van der Waals surface area contributed by atoms with Gasteiger partial charge in [0.05, 0.1) is 22.9 Å². The van der Waals surface area contributed by atoms with E-state index in [2.05, 4.69) is 6.92 Å². The quantitative estimate of drug-likeness (QED) is 0.559. The van der Waals surface area contributed by atoms with Crippen LogP contribution in [0.15, 0.2) is 34.9 Å². The summed E-state index contributed by atoms with van der Waals surface area (Å²) in [4.78, 5) is 29.1. The zero-order chi connectivity index (χ0) is 21.3. The molecule has 0 unspecified atom stereocenters. The van der Waals surface area contributed by atoms with Crippen molar-refractivity contribution < 1.29 is 18.5 Å². The van der Waals surface area contributed by atoms with E-state index in [-0.39, 0.29) is 23.4 Å². The fourth-order valence-electron chi connectivity index (χ4n) is 4.32. The Kier molecular flexibility index (Phi) is 5.61. The standard InChI is InChI=1S/C21H25FN4O4/c1-15-5-2-3-7-25(15)17-14-18(19(26(28)29)13-16(17)22)23-8-10-24(11-9-23)21(27)20-6-4-12-30-20/h4,6,12-15H,2-3,5,7-11H2,1H3/t15-/m0/s1. The van der Waals surface area contributed by atoms with Gasteiger partial charge in [-0.05, 0) is 44.4 Å². The van der Waals surface area contributed by atoms with Crippen molar-refractivity contribution in [3.63, 3.8) is 0 Å². The van der Waals surface area contributed by atoms with Crippen LogP contribution in [0.5, 0.6) is 0 Å². The number of carbonyl (C=O) groups is 1. The number of amides is 1. The summed E-state index contributed by atoms with van der Waals surface area (Å²) < 4.78 is 20.0. The van der Waals surface area contributed by atoms with E-state index in [1.54, 1.807) is 23.1 Å². The third kappa shape index (κ3) is 3.83. The minimum atomic E-state index is -0.564. The Morgan fingerprint density at radius 2 is 1.93 bits per heavy atom. The predicted octanol–water partition coefficient (Wildman–Crippen LogP) is 3.67. The molecule has 2 aliphatic heterocycles. The van der Waals surface area contributed by atoms with Crippen LogP contribution in [0, 0.1) is 15.9 Å². The lowest BCUT2D eigenvalue weighted by Gasteiger charge is -2.38. The van der Waals surface area contributed by atoms with E-state index in [1.807, 2.05) is 9.80 Å². The zero-order valence-corrected chi connectivity index (χ0v) is 16.9. The number of carbonyl (C=O) groups excluding carboxylic acids is 1. The van der Waals surface area contributed by atoms with Gasteiger partial charge in [-0.25, -0.2) is 4.39 Å². The van der Waals surface area contributed by atoms with Crippen molar-refractivity contribution in [3.05, 3.63) is 52.2 Å². The normalized spacial score (nSPS) is 19.8. The van der Waals surface area contributed by atoms with Crippen molar-refractivity contribution in [1.82, 2.24) is 4.90 Å². The van der Waals surface area contributed by atoms with E-state index in [9.17, 15) is 19.3 Å². The molecule has 2 fully saturated rings. The average molecular weight is 416 g/mol. The maximum absolute atomic E-state index is 14.8. The van der Waals surface area contributed by atoms with Gasteiger partial charge in [0.25, 0.3) is 11.6 Å². The first kappa shape index (κ1) is 20.2. The van der Waals surface area contributed by atoms with Crippen LogP contribution >= 0.6 is 0 Å². The Morgan fingerprint density at radius 3 is 2.57 bits per heavy atom. The number of rotatable bonds is 4. The minimum Gasteiger partial charge on any atom is -0.459 e. The topological polar surface area (TPSA) is 83.1 Å². The van der Waals surface area contributed by atoms with Gasteiger partial charge in [-0.1, -0.05) is 0 Å². The van der Waals surface area contributed by atoms with Gasteiger partial charge in [-0.15, -0.1) is 0 Å². The molecule has 9 heteroatoms. The van der Waals surface area contributed by atoms with Crippen LogP contribution in [0.1, 0.15) is 36.7 Å². The third-order valence-electron chi connectivity index (χ3n) is 5.99. The molecule has 3 heterocycles. The lowest BCUT2D eigenvalue weighted by Crippen LogP contribution is -2.49. The van der Waals surface area contributed by atoms with Crippen molar-refractivity contribution in [2.45, 2.75) is 32.2 Å². The molecular weight excluding hydrogens is 391 g/mol. The Labute approximate surface area is 174 Å². The van der Waals surface area contributed by atoms with Crippen LogP contribution in [-0.2, 0) is 0 Å². The summed E-state index contributed by atoms with van der Waals surface area (Å²) in [5.41, 5.74) is 0.572. The smallest absolute Gasteiger partial charge is 0.295 e. The number of piperidine rings is 1. The summed E-state index contributed by atoms with van der Waals surface area (Å²) in [6.45, 7) is 4.45. The minimum absolute atomic E-state index is 0.185. The molecule has 0 aliphatic carbocycles. The van der Waals surface area contributed by atoms with Crippen molar-refractivity contribution in [3.8, 4) is 0 Å². The zero-order valence-electron chi connectivity index (χ0n) is 16.9. The van der Waals surface area contributed by atoms with Crippen molar-refractivity contribution in [1.29, 1.82) is 0 Å². The number of anilines is 2. The van der Waals surface area contributed by atoms with E-state index in [4.69, 9.17) is 4.42 Å². The van der Waals surface area contributed by atoms with Gasteiger partial charge in [-0.3, -0.25) is 14.9 Å². The van der Waals surface area contributed by atoms with Crippen LogP contribution in [0.4, 0.5) is 21.5 Å². The number of halogens is 1. The molecule has 1 aromatic heterocycles. The number of piperazine rings is 1. The molecule has 0 saturated carbocycles. The maximum atomic E-state index is 14.8. The largest absolute Gasteiger partial charge is 0.459 e. The number of nitro benzene ring substituents is 1. The lowest BCUT2D eigenvalue weighted by atomic mass is 10.0. The van der Waals surface area contributed by atoms with Crippen LogP contribution in [0.2, 0.25) is 0 Å². The van der Waals surface area contributed by atoms with Gasteiger partial charge < -0.3 is 19.1 Å². The second-order valence-corrected chi connectivity index (χ2v) is 7.84. The molecule has 30 heavy (non-hydrogen) atoms. The van der Waals surface area contributed by atoms with Crippen molar-refractivity contribution in [2.75, 3.05) is 42.5 Å². The molecule has 0 spiro atoms. The molecule has 2 saturated heterocycles. The van der Waals surface area contributed by atoms with Gasteiger partial charge in [0.15, 0.2) is 11.6 Å². The van der Waals surface area contributed by atoms with Crippen LogP contribution in [-0.4, -0.2) is 54.5 Å². The number of nitro groups is 1. The summed E-state index contributed by atoms with van der Waals surface area (Å²) in [7, 11) is 0. The molecule has 1 atom stereocenters. The summed E-state index contributed by atoms with van der Waals surface area (Å²) in [6, 6.07) is 6.11. The lowest BCUT2D eigenvalue weighted by molar-refractivity contribution is -0.384. The highest BCUT2D eigenvalue weighted by Gasteiger charge is 2.30. The summed E-state index contributed by atoms with van der Waals surface area (Å²) in [5, 5.41) is 11.6. The number of benzene rings is 1. The Hall–Kier alpha value is -3.10. The molecule has 2 aliphatic rings. The molecular formula is C21H25FN4O4. The second kappa shape index (κ2) is 8.33. The molecule has 8 nitrogen and oxygen atoms in total. The van der Waals surface area contributed by atoms with Crippen LogP contribution < -0.4 is 9.80 Å². The van der Waals surface area contributed by atoms with Crippen molar-refractivity contribution in [2.24, 2.45) is 0 Å². The third-order valence-corrected chi connectivity index (χ3v) is 5.99. The SMILES string of the molecule is C[C@H]1CCCCN1c1cc(N2CCN(C(=O)c3ccco3)CC2)c([N+](=O)[O-])cc1F. The van der Waals surface area contributed by atoms with Gasteiger partial charge >= 0.3 is 0 Å². The van der Waals surface area contributed by atoms with E-state index in [0.717, 1.165) is 31.9 Å². The molecule has 1 aromatic carbocycles. The van der Waals surface area contributed by atoms with Gasteiger partial charge in [0.1, 0.15) is 5.69 Å². The van der Waals surface area contributed by atoms with Crippen LogP contribution in [0.25, 0.3) is 0 Å². The predicted molar refractivity (Wildman–Crippen MR) is 111 cm³/mol. The number of nitrogens with zero attached hydrogens (tertiary/aromatic N) is 4. The van der Waals surface area contributed by atoms with Crippen LogP contribution in [0.3, 0.4) is 0 Å². The Morgan fingerprint density at radius 1 is 1.17 bits per heavy atom. The monoisotopic (exact) mass is 416 g/mol. The fourth-order valence-corrected chi connectivity index (χ4v) is 4.32. The highest BCUT2D eigenvalue weighted by atomic mass is 19.1.